The molecule has 0 heterocycles. The minimum Gasteiger partial charge on any atom is -0.302 e. The fraction of sp³-hybridized carbons (Fsp3) is 0.417. The largest absolute Gasteiger partial charge is 0.302 e. The number of benzene rings is 1. The summed E-state index contributed by atoms with van der Waals surface area (Å²) in [5, 5.41) is 2.38. The van der Waals surface area contributed by atoms with Crippen molar-refractivity contribution in [2.45, 2.75) is 13.0 Å². The van der Waals surface area contributed by atoms with Crippen LogP contribution in [0.4, 0.5) is 0 Å². The molecule has 0 aliphatic carbocycles. The Bertz CT molecular complexity index is 318. The summed E-state index contributed by atoms with van der Waals surface area (Å²) in [7, 11) is 2.12. The maximum Gasteiger partial charge on any atom is 0.0584 e. The highest BCUT2D eigenvalue weighted by Gasteiger charge is 1.98. The van der Waals surface area contributed by atoms with Crippen molar-refractivity contribution in [3.8, 4) is 0 Å². The second-order valence-electron chi connectivity index (χ2n) is 3.55. The van der Waals surface area contributed by atoms with E-state index < -0.39 is 0 Å². The molecule has 0 radical (unpaired) electrons. The van der Waals surface area contributed by atoms with E-state index in [1.807, 2.05) is 6.07 Å². The molecular weight excluding hydrogens is 204 g/mol. The number of hydrogen-bond acceptors (Lipinski definition) is 3. The second kappa shape index (κ2) is 7.30. The Morgan fingerprint density at radius 2 is 2.07 bits per heavy atom. The van der Waals surface area contributed by atoms with Gasteiger partial charge in [0.2, 0.25) is 0 Å². The van der Waals surface area contributed by atoms with Crippen LogP contribution in [0.3, 0.4) is 0 Å². The van der Waals surface area contributed by atoms with Crippen LogP contribution >= 0.6 is 12.2 Å². The summed E-state index contributed by atoms with van der Waals surface area (Å²) in [6, 6.07) is 10.5. The Labute approximate surface area is 96.6 Å². The zero-order chi connectivity index (χ0) is 10.9. The quantitative estimate of drug-likeness (QED) is 0.416. The summed E-state index contributed by atoms with van der Waals surface area (Å²) in [6.07, 6.45) is 1.03. The van der Waals surface area contributed by atoms with Gasteiger partial charge < -0.3 is 4.90 Å². The smallest absolute Gasteiger partial charge is 0.0584 e. The molecule has 0 atom stereocenters. The molecule has 80 valence electrons. The first kappa shape index (κ1) is 12.1. The Hall–Kier alpha value is -1.02. The average Bonchev–Trinajstić information content (AvgIpc) is 2.26. The first-order valence-corrected chi connectivity index (χ1v) is 5.50. The number of rotatable bonds is 6. The van der Waals surface area contributed by atoms with Crippen molar-refractivity contribution in [2.24, 2.45) is 4.99 Å². The monoisotopic (exact) mass is 220 g/mol. The van der Waals surface area contributed by atoms with Crippen LogP contribution in [0.5, 0.6) is 0 Å². The normalized spacial score (nSPS) is 10.0. The Morgan fingerprint density at radius 3 is 2.73 bits per heavy atom. The molecule has 0 saturated heterocycles. The zero-order valence-electron chi connectivity index (χ0n) is 9.02. The number of nitrogens with zero attached hydrogens (tertiary/aromatic N) is 2. The highest BCUT2D eigenvalue weighted by molar-refractivity contribution is 7.78. The third-order valence-electron chi connectivity index (χ3n) is 2.17. The van der Waals surface area contributed by atoms with Crippen molar-refractivity contribution in [2.75, 3.05) is 20.1 Å². The number of hydrogen-bond donors (Lipinski definition) is 0. The Kier molecular flexibility index (Phi) is 5.86. The molecule has 0 bridgehead atoms. The van der Waals surface area contributed by atoms with E-state index in [4.69, 9.17) is 0 Å². The highest BCUT2D eigenvalue weighted by Crippen LogP contribution is 2.02. The molecule has 0 N–H and O–H groups in total. The first-order valence-electron chi connectivity index (χ1n) is 5.09. The third-order valence-corrected chi connectivity index (χ3v) is 2.30. The summed E-state index contributed by atoms with van der Waals surface area (Å²) in [5.74, 6) is 0. The maximum atomic E-state index is 4.51. The van der Waals surface area contributed by atoms with E-state index in [9.17, 15) is 0 Å². The molecule has 1 rings (SSSR count). The van der Waals surface area contributed by atoms with Gasteiger partial charge in [-0.3, -0.25) is 0 Å². The summed E-state index contributed by atoms with van der Waals surface area (Å²) in [4.78, 5) is 6.17. The Balaban J connectivity index is 2.24. The average molecular weight is 220 g/mol. The maximum absolute atomic E-state index is 4.51. The van der Waals surface area contributed by atoms with Crippen molar-refractivity contribution >= 4 is 17.4 Å². The van der Waals surface area contributed by atoms with E-state index in [1.54, 1.807) is 0 Å². The number of aliphatic imine (C=N–C) groups is 1. The molecule has 0 spiro atoms. The van der Waals surface area contributed by atoms with E-state index in [2.05, 4.69) is 58.6 Å². The van der Waals surface area contributed by atoms with E-state index in [-0.39, 0.29) is 0 Å². The van der Waals surface area contributed by atoms with E-state index in [0.29, 0.717) is 0 Å². The third kappa shape index (κ3) is 5.43. The van der Waals surface area contributed by atoms with Gasteiger partial charge in [0.05, 0.1) is 11.7 Å². The minimum absolute atomic E-state index is 0.780. The van der Waals surface area contributed by atoms with Crippen molar-refractivity contribution in [3.05, 3.63) is 35.9 Å². The fourth-order valence-electron chi connectivity index (χ4n) is 1.44. The van der Waals surface area contributed by atoms with Gasteiger partial charge in [-0.15, -0.1) is 0 Å². The van der Waals surface area contributed by atoms with Gasteiger partial charge in [-0.2, -0.15) is 0 Å². The van der Waals surface area contributed by atoms with Crippen LogP contribution in [0.25, 0.3) is 0 Å². The van der Waals surface area contributed by atoms with Crippen LogP contribution in [-0.2, 0) is 6.54 Å². The number of thiocarbonyl (C=S) groups is 1. The molecule has 2 nitrogen and oxygen atoms in total. The molecule has 0 aromatic heterocycles. The lowest BCUT2D eigenvalue weighted by Crippen LogP contribution is -2.19. The van der Waals surface area contributed by atoms with Gasteiger partial charge in [0.25, 0.3) is 0 Å². The predicted octanol–water partition coefficient (Wildman–Crippen LogP) is 2.61. The van der Waals surface area contributed by atoms with Crippen molar-refractivity contribution in [3.63, 3.8) is 0 Å². The standard InChI is InChI=1S/C12H16N2S/c1-14(9-5-8-13-11-15)10-12-6-3-2-4-7-12/h2-4,6-7H,5,8-10H2,1H3. The van der Waals surface area contributed by atoms with Crippen molar-refractivity contribution in [1.82, 2.24) is 4.90 Å². The number of isothiocyanates is 1. The van der Waals surface area contributed by atoms with Crippen molar-refractivity contribution in [1.29, 1.82) is 0 Å². The molecule has 3 heteroatoms. The zero-order valence-corrected chi connectivity index (χ0v) is 9.83. The molecule has 1 aromatic carbocycles. The molecule has 0 aliphatic heterocycles. The molecule has 0 aliphatic rings. The molecular formula is C12H16N2S. The van der Waals surface area contributed by atoms with Crippen LogP contribution in [0, 0.1) is 0 Å². The van der Waals surface area contributed by atoms with Gasteiger partial charge in [0.1, 0.15) is 0 Å². The highest BCUT2D eigenvalue weighted by atomic mass is 32.1. The van der Waals surface area contributed by atoms with Crippen LogP contribution < -0.4 is 0 Å². The molecule has 0 fully saturated rings. The van der Waals surface area contributed by atoms with Gasteiger partial charge in [0.15, 0.2) is 0 Å². The summed E-state index contributed by atoms with van der Waals surface area (Å²) in [5.41, 5.74) is 1.35. The SMILES string of the molecule is CN(CCCN=C=S)Cc1ccccc1. The second-order valence-corrected chi connectivity index (χ2v) is 3.73. The topological polar surface area (TPSA) is 15.6 Å². The molecule has 0 unspecified atom stereocenters. The van der Waals surface area contributed by atoms with Crippen LogP contribution in [0.15, 0.2) is 35.3 Å². The van der Waals surface area contributed by atoms with Crippen LogP contribution in [0.2, 0.25) is 0 Å². The molecule has 0 amide bonds. The van der Waals surface area contributed by atoms with E-state index in [1.165, 1.54) is 5.56 Å². The molecule has 1 aromatic rings. The lowest BCUT2D eigenvalue weighted by atomic mass is 10.2. The lowest BCUT2D eigenvalue weighted by molar-refractivity contribution is 0.324. The van der Waals surface area contributed by atoms with Gasteiger partial charge in [-0.05, 0) is 37.8 Å². The van der Waals surface area contributed by atoms with Crippen LogP contribution in [0.1, 0.15) is 12.0 Å². The van der Waals surface area contributed by atoms with Gasteiger partial charge in [-0.1, -0.05) is 30.3 Å². The Morgan fingerprint density at radius 1 is 1.33 bits per heavy atom. The molecule has 15 heavy (non-hydrogen) atoms. The van der Waals surface area contributed by atoms with Gasteiger partial charge >= 0.3 is 0 Å². The summed E-state index contributed by atoms with van der Waals surface area (Å²) >= 11 is 4.51. The minimum atomic E-state index is 0.780. The van der Waals surface area contributed by atoms with E-state index in [0.717, 1.165) is 26.1 Å². The van der Waals surface area contributed by atoms with E-state index >= 15 is 0 Å². The van der Waals surface area contributed by atoms with Gasteiger partial charge in [-0.25, -0.2) is 4.99 Å². The summed E-state index contributed by atoms with van der Waals surface area (Å²) in [6.45, 7) is 2.81. The lowest BCUT2D eigenvalue weighted by Gasteiger charge is -2.15. The first-order chi connectivity index (χ1) is 7.33. The van der Waals surface area contributed by atoms with Crippen LogP contribution in [-0.4, -0.2) is 30.2 Å². The van der Waals surface area contributed by atoms with Gasteiger partial charge in [0, 0.05) is 6.54 Å². The fourth-order valence-corrected chi connectivity index (χ4v) is 1.53. The molecule has 0 saturated carbocycles. The van der Waals surface area contributed by atoms with Crippen molar-refractivity contribution < 1.29 is 0 Å². The predicted molar refractivity (Wildman–Crippen MR) is 67.3 cm³/mol. The summed E-state index contributed by atoms with van der Waals surface area (Å²) < 4.78 is 0.